The number of halogens is 3. The third-order valence-corrected chi connectivity index (χ3v) is 6.33. The maximum atomic E-state index is 13.8. The van der Waals surface area contributed by atoms with Gasteiger partial charge in [-0.2, -0.15) is 18.2 Å². The maximum absolute atomic E-state index is 13.8. The van der Waals surface area contributed by atoms with E-state index in [9.17, 15) is 22.8 Å². The molecule has 0 bridgehead atoms. The largest absolute Gasteiger partial charge is 0.493 e. The summed E-state index contributed by atoms with van der Waals surface area (Å²) in [6.45, 7) is 7.64. The van der Waals surface area contributed by atoms with Crippen LogP contribution in [0, 0.1) is 0 Å². The molecule has 11 nitrogen and oxygen atoms in total. The molecule has 3 rings (SSSR count). The molecule has 0 unspecified atom stereocenters. The lowest BCUT2D eigenvalue weighted by Gasteiger charge is -2.38. The fourth-order valence-corrected chi connectivity index (χ4v) is 4.25. The average Bonchev–Trinajstić information content (AvgIpc) is 3.32. The highest BCUT2D eigenvalue weighted by molar-refractivity contribution is 5.99. The summed E-state index contributed by atoms with van der Waals surface area (Å²) >= 11 is 0. The topological polar surface area (TPSA) is 139 Å². The summed E-state index contributed by atoms with van der Waals surface area (Å²) < 4.78 is 57.4. The van der Waals surface area contributed by atoms with E-state index in [0.717, 1.165) is 31.7 Å². The number of alkyl halides is 3. The van der Waals surface area contributed by atoms with Crippen LogP contribution in [-0.2, 0) is 10.9 Å². The number of carbonyl (C=O) groups excluding carboxylic acids is 1. The summed E-state index contributed by atoms with van der Waals surface area (Å²) in [6.07, 6.45) is 0.188. The van der Waals surface area contributed by atoms with Gasteiger partial charge in [-0.25, -0.2) is 9.59 Å². The zero-order valence-electron chi connectivity index (χ0n) is 24.3. The molecule has 2 N–H and O–H groups in total. The van der Waals surface area contributed by atoms with E-state index in [1.807, 2.05) is 0 Å². The fourth-order valence-electron chi connectivity index (χ4n) is 4.25. The summed E-state index contributed by atoms with van der Waals surface area (Å²) in [7, 11) is 0. The zero-order valence-corrected chi connectivity index (χ0v) is 24.3. The van der Waals surface area contributed by atoms with Crippen molar-refractivity contribution in [1.82, 2.24) is 20.4 Å². The first kappa shape index (κ1) is 32.7. The van der Waals surface area contributed by atoms with E-state index in [0.29, 0.717) is 6.42 Å². The first-order valence-electron chi connectivity index (χ1n) is 14.0. The smallest absolute Gasteiger partial charge is 0.434 e. The van der Waals surface area contributed by atoms with Crippen LogP contribution in [0.3, 0.4) is 0 Å². The molecule has 2 heterocycles. The minimum atomic E-state index is -4.65. The van der Waals surface area contributed by atoms with Crippen LogP contribution < -0.4 is 10.1 Å². The number of rotatable bonds is 11. The first-order chi connectivity index (χ1) is 19.8. The molecular weight excluding hydrogens is 559 g/mol. The van der Waals surface area contributed by atoms with Crippen LogP contribution >= 0.6 is 0 Å². The first-order valence-corrected chi connectivity index (χ1v) is 14.0. The Morgan fingerprint density at radius 3 is 2.40 bits per heavy atom. The van der Waals surface area contributed by atoms with Gasteiger partial charge in [-0.3, -0.25) is 5.32 Å². The molecule has 0 spiro atoms. The Labute approximate surface area is 242 Å². The fraction of sp³-hybridized carbons (Fsp3) is 0.607. The molecule has 0 radical (unpaired) electrons. The molecular formula is C28H38F3N5O6. The minimum Gasteiger partial charge on any atom is -0.493 e. The van der Waals surface area contributed by atoms with E-state index in [-0.39, 0.29) is 54.6 Å². The maximum Gasteiger partial charge on any atom is 0.434 e. The van der Waals surface area contributed by atoms with Crippen LogP contribution in [-0.4, -0.2) is 63.6 Å². The Kier molecular flexibility index (Phi) is 11.2. The number of hydrogen-bond acceptors (Lipinski definition) is 7. The van der Waals surface area contributed by atoms with Crippen molar-refractivity contribution in [3.63, 3.8) is 0 Å². The van der Waals surface area contributed by atoms with Gasteiger partial charge in [0, 0.05) is 18.7 Å². The quantitative estimate of drug-likeness (QED) is 0.162. The number of guanidine groups is 1. The minimum absolute atomic E-state index is 0.0288. The van der Waals surface area contributed by atoms with Crippen molar-refractivity contribution in [2.75, 3.05) is 19.7 Å². The normalized spacial score (nSPS) is 14.5. The van der Waals surface area contributed by atoms with Crippen molar-refractivity contribution in [2.45, 2.75) is 90.3 Å². The highest BCUT2D eigenvalue weighted by Crippen LogP contribution is 2.39. The second-order valence-corrected chi connectivity index (χ2v) is 11.1. The van der Waals surface area contributed by atoms with Crippen LogP contribution in [0.2, 0.25) is 0 Å². The van der Waals surface area contributed by atoms with E-state index >= 15 is 0 Å². The zero-order chi connectivity index (χ0) is 30.9. The van der Waals surface area contributed by atoms with Gasteiger partial charge < -0.3 is 24.0 Å². The SMILES string of the molecule is CCCCCCCCCOc1ccc(-c2noc(C3CN(/C(=N/C(=O)O)NC(=O)OC(C)(C)C)C3)n2)cc1C(F)(F)F. The summed E-state index contributed by atoms with van der Waals surface area (Å²) in [5.74, 6) is -0.717. The summed E-state index contributed by atoms with van der Waals surface area (Å²) in [6, 6.07) is 3.64. The summed E-state index contributed by atoms with van der Waals surface area (Å²) in [5.41, 5.74) is -1.62. The van der Waals surface area contributed by atoms with Gasteiger partial charge in [0.05, 0.1) is 18.1 Å². The van der Waals surface area contributed by atoms with E-state index in [1.165, 1.54) is 29.9 Å². The van der Waals surface area contributed by atoms with Crippen LogP contribution in [0.15, 0.2) is 27.7 Å². The van der Waals surface area contributed by atoms with Gasteiger partial charge in [0.2, 0.25) is 17.7 Å². The van der Waals surface area contributed by atoms with Gasteiger partial charge in [0.15, 0.2) is 0 Å². The Hall–Kier alpha value is -3.84. The van der Waals surface area contributed by atoms with Crippen molar-refractivity contribution in [2.24, 2.45) is 4.99 Å². The molecule has 1 fully saturated rings. The Bertz CT molecular complexity index is 1240. The number of carboxylic acid groups (broad SMARTS) is 1. The number of amides is 2. The van der Waals surface area contributed by atoms with Crippen molar-refractivity contribution < 1.29 is 41.9 Å². The van der Waals surface area contributed by atoms with Crippen LogP contribution in [0.4, 0.5) is 22.8 Å². The Morgan fingerprint density at radius 1 is 1.12 bits per heavy atom. The van der Waals surface area contributed by atoms with E-state index < -0.39 is 29.5 Å². The number of likely N-dealkylation sites (tertiary alicyclic amines) is 1. The number of aliphatic imine (C=N–C) groups is 1. The van der Waals surface area contributed by atoms with E-state index in [2.05, 4.69) is 27.4 Å². The molecule has 42 heavy (non-hydrogen) atoms. The van der Waals surface area contributed by atoms with Gasteiger partial charge in [-0.1, -0.05) is 50.6 Å². The number of hydrogen-bond donors (Lipinski definition) is 2. The molecule has 1 aromatic heterocycles. The summed E-state index contributed by atoms with van der Waals surface area (Å²) in [5, 5.41) is 15.2. The lowest BCUT2D eigenvalue weighted by molar-refractivity contribution is -0.138. The van der Waals surface area contributed by atoms with Crippen molar-refractivity contribution >= 4 is 18.1 Å². The Morgan fingerprint density at radius 2 is 1.79 bits per heavy atom. The standard InChI is InChI=1S/C28H38F3N5O6/c1-5-6-7-8-9-10-11-14-40-21-13-12-18(15-20(21)28(29,30)31)22-32-23(42-35-22)19-16-36(17-19)24(33-25(37)38)34-26(39)41-27(2,3)4/h12-13,15,19H,5-11,14,16-17H2,1-4H3,(H,37,38)(H,33,34,39). The molecule has 2 aromatic rings. The number of ether oxygens (including phenoxy) is 2. The Balaban J connectivity index is 1.62. The number of benzene rings is 1. The van der Waals surface area contributed by atoms with Crippen LogP contribution in [0.5, 0.6) is 5.75 Å². The van der Waals surface area contributed by atoms with Gasteiger partial charge >= 0.3 is 18.4 Å². The third-order valence-electron chi connectivity index (χ3n) is 6.33. The molecule has 1 aliphatic heterocycles. The van der Waals surface area contributed by atoms with Crippen LogP contribution in [0.1, 0.15) is 90.0 Å². The number of carbonyl (C=O) groups is 2. The van der Waals surface area contributed by atoms with Gasteiger partial charge in [0.1, 0.15) is 11.4 Å². The van der Waals surface area contributed by atoms with E-state index in [1.54, 1.807) is 20.8 Å². The number of alkyl carbamates (subject to hydrolysis) is 1. The second-order valence-electron chi connectivity index (χ2n) is 11.1. The predicted octanol–water partition coefficient (Wildman–Crippen LogP) is 6.84. The van der Waals surface area contributed by atoms with Crippen molar-refractivity contribution in [1.29, 1.82) is 0 Å². The number of unbranched alkanes of at least 4 members (excludes halogenated alkanes) is 6. The molecule has 2 amide bonds. The molecule has 0 saturated carbocycles. The molecule has 0 aliphatic carbocycles. The molecule has 1 aromatic carbocycles. The highest BCUT2D eigenvalue weighted by atomic mass is 19.4. The third kappa shape index (κ3) is 9.91. The number of nitrogens with one attached hydrogen (secondary N) is 1. The molecule has 1 aliphatic rings. The lowest BCUT2D eigenvalue weighted by atomic mass is 10.0. The number of aromatic nitrogens is 2. The highest BCUT2D eigenvalue weighted by Gasteiger charge is 2.37. The van der Waals surface area contributed by atoms with Gasteiger partial charge in [-0.05, 0) is 45.4 Å². The van der Waals surface area contributed by atoms with E-state index in [4.69, 9.17) is 19.1 Å². The molecule has 0 atom stereocenters. The average molecular weight is 598 g/mol. The van der Waals surface area contributed by atoms with Crippen molar-refractivity contribution in [3.05, 3.63) is 29.7 Å². The van der Waals surface area contributed by atoms with Crippen LogP contribution in [0.25, 0.3) is 11.4 Å². The molecule has 1 saturated heterocycles. The lowest BCUT2D eigenvalue weighted by Crippen LogP contribution is -2.55. The monoisotopic (exact) mass is 597 g/mol. The summed E-state index contributed by atoms with van der Waals surface area (Å²) in [4.78, 5) is 32.4. The number of nitrogens with zero attached hydrogens (tertiary/aromatic N) is 4. The predicted molar refractivity (Wildman–Crippen MR) is 147 cm³/mol. The van der Waals surface area contributed by atoms with Crippen molar-refractivity contribution in [3.8, 4) is 17.1 Å². The second kappa shape index (κ2) is 14.4. The molecule has 14 heteroatoms. The van der Waals surface area contributed by atoms with Gasteiger partial charge in [-0.15, -0.1) is 4.99 Å². The van der Waals surface area contributed by atoms with Gasteiger partial charge in [0.25, 0.3) is 0 Å². The molecule has 232 valence electrons.